The Morgan fingerprint density at radius 3 is 2.29 bits per heavy atom. The molecule has 28 heavy (non-hydrogen) atoms. The summed E-state index contributed by atoms with van der Waals surface area (Å²) in [5.41, 5.74) is 1.35. The quantitative estimate of drug-likeness (QED) is 0.654. The number of carbonyl (C=O) groups excluding carboxylic acids is 2. The molecular weight excluding hydrogens is 378 g/mol. The molecule has 0 unspecified atom stereocenters. The summed E-state index contributed by atoms with van der Waals surface area (Å²) in [5.74, 6) is -0.812. The van der Waals surface area contributed by atoms with Gasteiger partial charge in [-0.3, -0.25) is 9.59 Å². The summed E-state index contributed by atoms with van der Waals surface area (Å²) in [7, 11) is -0.717. The van der Waals surface area contributed by atoms with Gasteiger partial charge in [-0.15, -0.1) is 0 Å². The van der Waals surface area contributed by atoms with Gasteiger partial charge < -0.3 is 10.6 Å². The van der Waals surface area contributed by atoms with Crippen molar-refractivity contribution in [1.29, 1.82) is 0 Å². The summed E-state index contributed by atoms with van der Waals surface area (Å²) >= 11 is 0. The van der Waals surface area contributed by atoms with Crippen LogP contribution in [0.2, 0.25) is 0 Å². The Kier molecular flexibility index (Phi) is 7.48. The minimum absolute atomic E-state index is 0.0395. The number of nitrogens with zero attached hydrogens (tertiary/aromatic N) is 1. The predicted molar refractivity (Wildman–Crippen MR) is 108 cm³/mol. The van der Waals surface area contributed by atoms with Crippen LogP contribution in [0.5, 0.6) is 0 Å². The molecule has 7 nitrogen and oxygen atoms in total. The molecule has 0 spiro atoms. The topological polar surface area (TPSA) is 95.6 Å². The molecule has 0 saturated heterocycles. The van der Waals surface area contributed by atoms with Crippen LogP contribution in [0.3, 0.4) is 0 Å². The fraction of sp³-hybridized carbons (Fsp3) is 0.200. The summed E-state index contributed by atoms with van der Waals surface area (Å²) in [6.07, 6.45) is 3.00. The maximum absolute atomic E-state index is 12.3. The Balaban J connectivity index is 1.88. The Morgan fingerprint density at radius 2 is 1.61 bits per heavy atom. The van der Waals surface area contributed by atoms with Gasteiger partial charge in [-0.1, -0.05) is 48.5 Å². The van der Waals surface area contributed by atoms with Gasteiger partial charge in [0, 0.05) is 26.7 Å². The molecule has 0 saturated carbocycles. The van der Waals surface area contributed by atoms with Gasteiger partial charge in [-0.25, -0.2) is 12.7 Å². The van der Waals surface area contributed by atoms with E-state index in [4.69, 9.17) is 0 Å². The van der Waals surface area contributed by atoms with E-state index in [1.54, 1.807) is 24.3 Å². The minimum Gasteiger partial charge on any atom is -0.350 e. The molecule has 2 rings (SSSR count). The Bertz CT molecular complexity index is 954. The summed E-state index contributed by atoms with van der Waals surface area (Å²) in [5, 5.41) is 5.11. The van der Waals surface area contributed by atoms with Gasteiger partial charge in [0.1, 0.15) is 0 Å². The lowest BCUT2D eigenvalue weighted by molar-refractivity contribution is -0.124. The van der Waals surface area contributed by atoms with E-state index in [2.05, 4.69) is 10.6 Å². The van der Waals surface area contributed by atoms with Gasteiger partial charge in [0.25, 0.3) is 0 Å². The van der Waals surface area contributed by atoms with Gasteiger partial charge in [-0.2, -0.15) is 0 Å². The van der Waals surface area contributed by atoms with Crippen LogP contribution in [0.15, 0.2) is 65.6 Å². The first kappa shape index (κ1) is 21.3. The van der Waals surface area contributed by atoms with Crippen molar-refractivity contribution in [3.05, 3.63) is 71.8 Å². The number of nitrogens with one attached hydrogen (secondary N) is 2. The zero-order valence-electron chi connectivity index (χ0n) is 15.8. The lowest BCUT2D eigenvalue weighted by atomic mass is 10.2. The fourth-order valence-corrected chi connectivity index (χ4v) is 3.43. The molecule has 0 heterocycles. The first-order valence-electron chi connectivity index (χ1n) is 8.59. The molecule has 2 N–H and O–H groups in total. The van der Waals surface area contributed by atoms with E-state index in [-0.39, 0.29) is 18.0 Å². The molecule has 2 aromatic carbocycles. The maximum Gasteiger partial charge on any atom is 0.244 e. The molecule has 0 aromatic heterocycles. The normalized spacial score (nSPS) is 11.5. The summed E-state index contributed by atoms with van der Waals surface area (Å²) < 4.78 is 25.8. The van der Waals surface area contributed by atoms with Crippen molar-refractivity contribution >= 4 is 27.9 Å². The summed E-state index contributed by atoms with van der Waals surface area (Å²) in [6, 6.07) is 15.8. The molecule has 148 valence electrons. The van der Waals surface area contributed by atoms with Gasteiger partial charge in [0.15, 0.2) is 0 Å². The molecule has 0 atom stereocenters. The number of hydrogen-bond acceptors (Lipinski definition) is 4. The average molecular weight is 401 g/mol. The highest BCUT2D eigenvalue weighted by Crippen LogP contribution is 2.18. The van der Waals surface area contributed by atoms with Crippen LogP contribution >= 0.6 is 0 Å². The molecule has 2 amide bonds. The van der Waals surface area contributed by atoms with Crippen molar-refractivity contribution in [3.8, 4) is 0 Å². The van der Waals surface area contributed by atoms with Crippen LogP contribution in [0.1, 0.15) is 11.1 Å². The number of carbonyl (C=O) groups is 2. The van der Waals surface area contributed by atoms with Crippen molar-refractivity contribution in [2.24, 2.45) is 0 Å². The SMILES string of the molecule is CN(C)S(=O)(=O)c1ccccc1CNC(=O)CNC(=O)/C=C/c1ccccc1. The number of benzene rings is 2. The Morgan fingerprint density at radius 1 is 0.964 bits per heavy atom. The second-order valence-electron chi connectivity index (χ2n) is 6.13. The summed E-state index contributed by atoms with van der Waals surface area (Å²) in [4.78, 5) is 23.9. The molecular formula is C20H23N3O4S. The van der Waals surface area contributed by atoms with E-state index in [9.17, 15) is 18.0 Å². The smallest absolute Gasteiger partial charge is 0.244 e. The molecule has 2 aromatic rings. The molecule has 0 aliphatic heterocycles. The van der Waals surface area contributed by atoms with Crippen molar-refractivity contribution in [2.75, 3.05) is 20.6 Å². The summed E-state index contributed by atoms with van der Waals surface area (Å²) in [6.45, 7) is -0.168. The average Bonchev–Trinajstić information content (AvgIpc) is 2.70. The van der Waals surface area contributed by atoms with Crippen molar-refractivity contribution in [2.45, 2.75) is 11.4 Å². The highest BCUT2D eigenvalue weighted by Gasteiger charge is 2.20. The standard InChI is InChI=1S/C20H23N3O4S/c1-23(2)28(26,27)18-11-7-6-10-17(18)14-21-20(25)15-22-19(24)13-12-16-8-4-3-5-9-16/h3-13H,14-15H2,1-2H3,(H,21,25)(H,22,24)/b13-12+. The maximum atomic E-state index is 12.3. The van der Waals surface area contributed by atoms with Crippen LogP contribution in [-0.2, 0) is 26.2 Å². The Labute approximate surface area is 165 Å². The van der Waals surface area contributed by atoms with Gasteiger partial charge in [-0.05, 0) is 23.3 Å². The minimum atomic E-state index is -3.61. The second-order valence-corrected chi connectivity index (χ2v) is 8.25. The van der Waals surface area contributed by atoms with Crippen molar-refractivity contribution in [3.63, 3.8) is 0 Å². The van der Waals surface area contributed by atoms with E-state index in [1.807, 2.05) is 30.3 Å². The first-order chi connectivity index (χ1) is 13.3. The zero-order valence-corrected chi connectivity index (χ0v) is 16.6. The van der Waals surface area contributed by atoms with E-state index in [0.717, 1.165) is 9.87 Å². The monoisotopic (exact) mass is 401 g/mol. The molecule has 0 radical (unpaired) electrons. The highest BCUT2D eigenvalue weighted by atomic mass is 32.2. The van der Waals surface area contributed by atoms with Crippen molar-refractivity contribution in [1.82, 2.24) is 14.9 Å². The van der Waals surface area contributed by atoms with E-state index < -0.39 is 21.8 Å². The third-order valence-electron chi connectivity index (χ3n) is 3.86. The molecule has 0 bridgehead atoms. The third kappa shape index (κ3) is 6.04. The van der Waals surface area contributed by atoms with Crippen LogP contribution < -0.4 is 10.6 Å². The molecule has 0 aliphatic carbocycles. The molecule has 0 aliphatic rings. The number of hydrogen-bond donors (Lipinski definition) is 2. The van der Waals surface area contributed by atoms with Crippen LogP contribution in [0, 0.1) is 0 Å². The predicted octanol–water partition coefficient (Wildman–Crippen LogP) is 1.38. The second kappa shape index (κ2) is 9.82. The van der Waals surface area contributed by atoms with E-state index in [0.29, 0.717) is 5.56 Å². The fourth-order valence-electron chi connectivity index (χ4n) is 2.32. The van der Waals surface area contributed by atoms with Gasteiger partial charge in [0.2, 0.25) is 21.8 Å². The van der Waals surface area contributed by atoms with Crippen LogP contribution in [0.25, 0.3) is 6.08 Å². The van der Waals surface area contributed by atoms with Crippen molar-refractivity contribution < 1.29 is 18.0 Å². The molecule has 8 heteroatoms. The largest absolute Gasteiger partial charge is 0.350 e. The zero-order chi connectivity index (χ0) is 20.6. The molecule has 0 fully saturated rings. The Hall–Kier alpha value is -2.97. The lowest BCUT2D eigenvalue weighted by Gasteiger charge is -2.15. The van der Waals surface area contributed by atoms with Crippen LogP contribution in [0.4, 0.5) is 0 Å². The number of sulfonamides is 1. The number of rotatable bonds is 8. The first-order valence-corrected chi connectivity index (χ1v) is 10.0. The third-order valence-corrected chi connectivity index (χ3v) is 5.77. The van der Waals surface area contributed by atoms with E-state index >= 15 is 0 Å². The van der Waals surface area contributed by atoms with E-state index in [1.165, 1.54) is 26.2 Å². The number of amides is 2. The van der Waals surface area contributed by atoms with Gasteiger partial charge >= 0.3 is 0 Å². The highest BCUT2D eigenvalue weighted by molar-refractivity contribution is 7.89. The lowest BCUT2D eigenvalue weighted by Crippen LogP contribution is -2.36. The van der Waals surface area contributed by atoms with Gasteiger partial charge in [0.05, 0.1) is 11.4 Å². The van der Waals surface area contributed by atoms with Crippen LogP contribution in [-0.4, -0.2) is 45.2 Å².